The summed E-state index contributed by atoms with van der Waals surface area (Å²) in [7, 11) is -2.32. The van der Waals surface area contributed by atoms with Crippen LogP contribution in [0.4, 0.5) is 0 Å². The molecule has 0 aliphatic rings. The maximum atomic E-state index is 11.9. The number of rotatable bonds is 5. The van der Waals surface area contributed by atoms with Crippen molar-refractivity contribution < 1.29 is 17.9 Å². The number of primary sulfonamides is 1. The highest BCUT2D eigenvalue weighted by atomic mass is 32.2. The average molecular weight is 322 g/mol. The molecule has 0 unspecified atom stereocenters. The molecule has 0 atom stereocenters. The zero-order chi connectivity index (χ0) is 16.2. The smallest absolute Gasteiger partial charge is 0.270 e. The van der Waals surface area contributed by atoms with Gasteiger partial charge in [-0.05, 0) is 23.8 Å². The van der Waals surface area contributed by atoms with Gasteiger partial charge in [0.05, 0.1) is 7.11 Å². The zero-order valence-electron chi connectivity index (χ0n) is 11.7. The molecule has 22 heavy (non-hydrogen) atoms. The summed E-state index contributed by atoms with van der Waals surface area (Å²) in [6, 6.07) is 5.95. The second kappa shape index (κ2) is 6.50. The monoisotopic (exact) mass is 322 g/mol. The Balaban J connectivity index is 2.03. The number of methoxy groups -OCH3 is 1. The van der Waals surface area contributed by atoms with E-state index in [0.29, 0.717) is 5.88 Å². The van der Waals surface area contributed by atoms with Gasteiger partial charge in [0.25, 0.3) is 5.91 Å². The number of amides is 1. The molecule has 3 N–H and O–H groups in total. The van der Waals surface area contributed by atoms with Crippen LogP contribution < -0.4 is 15.2 Å². The van der Waals surface area contributed by atoms with Gasteiger partial charge in [-0.1, -0.05) is 0 Å². The number of pyridine rings is 2. The molecule has 0 bridgehead atoms. The summed E-state index contributed by atoms with van der Waals surface area (Å²) in [5.74, 6) is 0.0131. The Hall–Kier alpha value is -2.52. The van der Waals surface area contributed by atoms with Crippen LogP contribution in [0.1, 0.15) is 16.1 Å². The van der Waals surface area contributed by atoms with Gasteiger partial charge in [-0.2, -0.15) is 0 Å². The molecule has 8 nitrogen and oxygen atoms in total. The largest absolute Gasteiger partial charge is 0.481 e. The van der Waals surface area contributed by atoms with Crippen LogP contribution in [0.25, 0.3) is 0 Å². The molecule has 2 rings (SSSR count). The number of sulfonamides is 1. The molecule has 9 heteroatoms. The molecule has 1 amide bonds. The van der Waals surface area contributed by atoms with E-state index in [1.54, 1.807) is 18.3 Å². The highest BCUT2D eigenvalue weighted by Crippen LogP contribution is 2.09. The molecule has 0 fully saturated rings. The fourth-order valence-electron chi connectivity index (χ4n) is 1.63. The van der Waals surface area contributed by atoms with E-state index in [0.717, 1.165) is 11.8 Å². The number of nitrogens with one attached hydrogen (secondary N) is 1. The lowest BCUT2D eigenvalue weighted by molar-refractivity contribution is 0.0945. The van der Waals surface area contributed by atoms with Crippen LogP contribution in [0.2, 0.25) is 0 Å². The molecule has 0 saturated heterocycles. The van der Waals surface area contributed by atoms with Crippen molar-refractivity contribution in [2.75, 3.05) is 7.11 Å². The van der Waals surface area contributed by atoms with Crippen molar-refractivity contribution in [1.82, 2.24) is 15.3 Å². The molecule has 0 aliphatic heterocycles. The first kappa shape index (κ1) is 15.9. The highest BCUT2D eigenvalue weighted by molar-refractivity contribution is 7.89. The van der Waals surface area contributed by atoms with Crippen LogP contribution in [-0.2, 0) is 16.6 Å². The third-order valence-electron chi connectivity index (χ3n) is 2.76. The highest BCUT2D eigenvalue weighted by Gasteiger charge is 2.11. The summed E-state index contributed by atoms with van der Waals surface area (Å²) in [4.78, 5) is 19.5. The molecule has 0 aliphatic carbocycles. The predicted octanol–water partition coefficient (Wildman–Crippen LogP) is 0.0626. The van der Waals surface area contributed by atoms with E-state index < -0.39 is 15.9 Å². The standard InChI is InChI=1S/C13H14N4O4S/c1-21-12-6-9(4-5-15-12)7-17-13(18)11-3-2-10(8-16-11)22(14,19)20/h2-6,8H,7H2,1H3,(H,17,18)(H2,14,19,20). The van der Waals surface area contributed by atoms with Crippen molar-refractivity contribution in [3.63, 3.8) is 0 Å². The van der Waals surface area contributed by atoms with Gasteiger partial charge in [-0.15, -0.1) is 0 Å². The fraction of sp³-hybridized carbons (Fsp3) is 0.154. The summed E-state index contributed by atoms with van der Waals surface area (Å²) < 4.78 is 27.2. The zero-order valence-corrected chi connectivity index (χ0v) is 12.5. The lowest BCUT2D eigenvalue weighted by atomic mass is 10.2. The Kier molecular flexibility index (Phi) is 4.68. The van der Waals surface area contributed by atoms with E-state index in [9.17, 15) is 13.2 Å². The number of carbonyl (C=O) groups excluding carboxylic acids is 1. The number of nitrogens with two attached hydrogens (primary N) is 1. The number of hydrogen-bond donors (Lipinski definition) is 2. The Morgan fingerprint density at radius 2 is 2.09 bits per heavy atom. The van der Waals surface area contributed by atoms with Crippen LogP contribution in [0, 0.1) is 0 Å². The van der Waals surface area contributed by atoms with Crippen LogP contribution in [-0.4, -0.2) is 31.4 Å². The van der Waals surface area contributed by atoms with Gasteiger partial charge in [0.15, 0.2) is 0 Å². The van der Waals surface area contributed by atoms with Gasteiger partial charge < -0.3 is 10.1 Å². The van der Waals surface area contributed by atoms with Crippen molar-refractivity contribution in [2.45, 2.75) is 11.4 Å². The van der Waals surface area contributed by atoms with Crippen LogP contribution in [0.3, 0.4) is 0 Å². The molecule has 116 valence electrons. The van der Waals surface area contributed by atoms with Gasteiger partial charge in [-0.25, -0.2) is 23.5 Å². The average Bonchev–Trinajstić information content (AvgIpc) is 2.52. The summed E-state index contributed by atoms with van der Waals surface area (Å²) in [5.41, 5.74) is 0.898. The molecular formula is C13H14N4O4S. The first-order valence-corrected chi connectivity index (χ1v) is 7.71. The number of aromatic nitrogens is 2. The predicted molar refractivity (Wildman–Crippen MR) is 77.6 cm³/mol. The second-order valence-corrected chi connectivity index (χ2v) is 5.87. The third kappa shape index (κ3) is 3.99. The topological polar surface area (TPSA) is 124 Å². The molecule has 0 aromatic carbocycles. The third-order valence-corrected chi connectivity index (χ3v) is 3.66. The molecule has 0 saturated carbocycles. The minimum absolute atomic E-state index is 0.0911. The molecule has 2 aromatic rings. The molecule has 2 heterocycles. The quantitative estimate of drug-likeness (QED) is 0.802. The Morgan fingerprint density at radius 1 is 1.32 bits per heavy atom. The number of hydrogen-bond acceptors (Lipinski definition) is 6. The van der Waals surface area contributed by atoms with Crippen molar-refractivity contribution in [3.8, 4) is 5.88 Å². The van der Waals surface area contributed by atoms with Crippen LogP contribution in [0.5, 0.6) is 5.88 Å². The number of ether oxygens (including phenoxy) is 1. The van der Waals surface area contributed by atoms with E-state index >= 15 is 0 Å². The molecule has 0 spiro atoms. The Morgan fingerprint density at radius 3 is 2.68 bits per heavy atom. The summed E-state index contributed by atoms with van der Waals surface area (Å²) in [5, 5.41) is 7.62. The number of nitrogens with zero attached hydrogens (tertiary/aromatic N) is 2. The lowest BCUT2D eigenvalue weighted by Gasteiger charge is -2.06. The Bertz CT molecular complexity index is 775. The van der Waals surface area contributed by atoms with E-state index in [-0.39, 0.29) is 17.1 Å². The van der Waals surface area contributed by atoms with E-state index in [4.69, 9.17) is 9.88 Å². The molecular weight excluding hydrogens is 308 g/mol. The second-order valence-electron chi connectivity index (χ2n) is 4.31. The van der Waals surface area contributed by atoms with Gasteiger partial charge in [0.1, 0.15) is 10.6 Å². The minimum Gasteiger partial charge on any atom is -0.481 e. The number of carbonyl (C=O) groups is 1. The van der Waals surface area contributed by atoms with Gasteiger partial charge in [0.2, 0.25) is 15.9 Å². The van der Waals surface area contributed by atoms with E-state index in [1.807, 2.05) is 0 Å². The SMILES string of the molecule is COc1cc(CNC(=O)c2ccc(S(N)(=O)=O)cn2)ccn1. The summed E-state index contributed by atoms with van der Waals surface area (Å²) >= 11 is 0. The van der Waals surface area contributed by atoms with Gasteiger partial charge in [0, 0.05) is 25.0 Å². The van der Waals surface area contributed by atoms with Crippen molar-refractivity contribution in [1.29, 1.82) is 0 Å². The molecule has 0 radical (unpaired) electrons. The van der Waals surface area contributed by atoms with Gasteiger partial charge >= 0.3 is 0 Å². The molecule has 2 aromatic heterocycles. The van der Waals surface area contributed by atoms with Crippen molar-refractivity contribution in [3.05, 3.63) is 47.9 Å². The first-order valence-electron chi connectivity index (χ1n) is 6.16. The first-order chi connectivity index (χ1) is 10.4. The van der Waals surface area contributed by atoms with E-state index in [1.165, 1.54) is 19.2 Å². The van der Waals surface area contributed by atoms with Crippen molar-refractivity contribution >= 4 is 15.9 Å². The van der Waals surface area contributed by atoms with Gasteiger partial charge in [-0.3, -0.25) is 4.79 Å². The normalized spacial score (nSPS) is 11.0. The Labute approximate surface area is 127 Å². The summed E-state index contributed by atoms with van der Waals surface area (Å²) in [6.07, 6.45) is 2.61. The maximum absolute atomic E-state index is 11.9. The maximum Gasteiger partial charge on any atom is 0.270 e. The van der Waals surface area contributed by atoms with E-state index in [2.05, 4.69) is 15.3 Å². The van der Waals surface area contributed by atoms with Crippen LogP contribution >= 0.6 is 0 Å². The summed E-state index contributed by atoms with van der Waals surface area (Å²) in [6.45, 7) is 0.260. The fourth-order valence-corrected chi connectivity index (χ4v) is 2.09. The van der Waals surface area contributed by atoms with Crippen molar-refractivity contribution in [2.24, 2.45) is 5.14 Å². The minimum atomic E-state index is -3.82. The lowest BCUT2D eigenvalue weighted by Crippen LogP contribution is -2.24. The van der Waals surface area contributed by atoms with Crippen LogP contribution in [0.15, 0.2) is 41.6 Å².